The maximum absolute atomic E-state index is 13.6. The third-order valence-electron chi connectivity index (χ3n) is 2.93. The van der Waals surface area contributed by atoms with Crippen molar-refractivity contribution in [3.05, 3.63) is 51.7 Å². The van der Waals surface area contributed by atoms with Gasteiger partial charge in [-0.15, -0.1) is 11.3 Å². The summed E-state index contributed by atoms with van der Waals surface area (Å²) >= 11 is 1.31. The summed E-state index contributed by atoms with van der Waals surface area (Å²) in [6.07, 6.45) is 0.355. The molecule has 1 aromatic heterocycles. The number of hydrogen-bond acceptors (Lipinski definition) is 4. The number of hydrogen-bond donors (Lipinski definition) is 2. The number of carbonyl (C=O) groups is 1. The summed E-state index contributed by atoms with van der Waals surface area (Å²) in [7, 11) is 0. The molecule has 1 heterocycles. The molecule has 2 N–H and O–H groups in total. The highest BCUT2D eigenvalue weighted by Crippen LogP contribution is 2.17. The van der Waals surface area contributed by atoms with Crippen molar-refractivity contribution >= 4 is 17.2 Å². The quantitative estimate of drug-likeness (QED) is 0.891. The Kier molecular flexibility index (Phi) is 4.69. The number of nitrogens with zero attached hydrogens (tertiary/aromatic N) is 1. The van der Waals surface area contributed by atoms with Crippen molar-refractivity contribution in [2.75, 3.05) is 6.61 Å². The van der Waals surface area contributed by atoms with Gasteiger partial charge in [-0.25, -0.2) is 9.37 Å². The molecule has 2 aromatic rings. The molecular formula is C15H17FN2O2S. The number of aliphatic hydroxyl groups is 1. The smallest absolute Gasteiger partial charge is 0.271 e. The fraction of sp³-hybridized carbons (Fsp3) is 0.333. The molecule has 6 heteroatoms. The van der Waals surface area contributed by atoms with Crippen LogP contribution in [0, 0.1) is 5.82 Å². The molecule has 0 spiro atoms. The number of benzene rings is 1. The Balaban J connectivity index is 2.08. The molecular weight excluding hydrogens is 291 g/mol. The van der Waals surface area contributed by atoms with Gasteiger partial charge in [-0.05, 0) is 25.5 Å². The largest absolute Gasteiger partial charge is 0.394 e. The number of thiazole rings is 1. The summed E-state index contributed by atoms with van der Waals surface area (Å²) in [5.41, 5.74) is 0.134. The van der Waals surface area contributed by atoms with Crippen LogP contribution in [-0.2, 0) is 6.42 Å². The van der Waals surface area contributed by atoms with Crippen LogP contribution in [0.3, 0.4) is 0 Å². The van der Waals surface area contributed by atoms with Crippen LogP contribution in [0.25, 0.3) is 0 Å². The van der Waals surface area contributed by atoms with E-state index in [-0.39, 0.29) is 24.0 Å². The predicted octanol–water partition coefficient (Wildman–Crippen LogP) is 2.37. The van der Waals surface area contributed by atoms with Gasteiger partial charge in [0.1, 0.15) is 11.5 Å². The van der Waals surface area contributed by atoms with E-state index in [9.17, 15) is 9.18 Å². The minimum absolute atomic E-state index is 0.162. The lowest BCUT2D eigenvalue weighted by Crippen LogP contribution is -2.46. The van der Waals surface area contributed by atoms with Gasteiger partial charge in [0.15, 0.2) is 0 Å². The van der Waals surface area contributed by atoms with E-state index in [2.05, 4.69) is 10.3 Å². The molecule has 1 aromatic carbocycles. The Labute approximate surface area is 126 Å². The highest BCUT2D eigenvalue weighted by molar-refractivity contribution is 7.09. The highest BCUT2D eigenvalue weighted by Gasteiger charge is 2.21. The number of carbonyl (C=O) groups excluding carboxylic acids is 1. The normalized spacial score (nSPS) is 11.4. The molecule has 21 heavy (non-hydrogen) atoms. The van der Waals surface area contributed by atoms with Gasteiger partial charge in [-0.3, -0.25) is 4.79 Å². The second-order valence-corrected chi connectivity index (χ2v) is 6.33. The summed E-state index contributed by atoms with van der Waals surface area (Å²) in [6.45, 7) is 3.28. The average Bonchev–Trinajstić information content (AvgIpc) is 2.90. The van der Waals surface area contributed by atoms with E-state index in [4.69, 9.17) is 5.11 Å². The second-order valence-electron chi connectivity index (χ2n) is 5.39. The van der Waals surface area contributed by atoms with Gasteiger partial charge < -0.3 is 10.4 Å². The molecule has 0 aliphatic heterocycles. The van der Waals surface area contributed by atoms with Gasteiger partial charge >= 0.3 is 0 Å². The number of nitrogens with one attached hydrogen (secondary N) is 1. The van der Waals surface area contributed by atoms with Crippen LogP contribution in [0.4, 0.5) is 4.39 Å². The van der Waals surface area contributed by atoms with Crippen molar-refractivity contribution in [2.45, 2.75) is 25.8 Å². The number of aliphatic hydroxyl groups excluding tert-OH is 1. The summed E-state index contributed by atoms with van der Waals surface area (Å²) < 4.78 is 13.6. The minimum Gasteiger partial charge on any atom is -0.394 e. The van der Waals surface area contributed by atoms with Crippen LogP contribution in [0.5, 0.6) is 0 Å². The third kappa shape index (κ3) is 4.09. The molecule has 0 bridgehead atoms. The number of rotatable bonds is 5. The monoisotopic (exact) mass is 308 g/mol. The molecule has 0 aliphatic carbocycles. The van der Waals surface area contributed by atoms with E-state index in [0.717, 1.165) is 0 Å². The second kappa shape index (κ2) is 6.32. The maximum Gasteiger partial charge on any atom is 0.271 e. The average molecular weight is 308 g/mol. The number of amides is 1. The van der Waals surface area contributed by atoms with E-state index >= 15 is 0 Å². The van der Waals surface area contributed by atoms with Gasteiger partial charge in [0.2, 0.25) is 0 Å². The highest BCUT2D eigenvalue weighted by atomic mass is 32.1. The van der Waals surface area contributed by atoms with E-state index in [1.165, 1.54) is 17.4 Å². The minimum atomic E-state index is -0.702. The molecule has 2 rings (SSSR count). The standard InChI is InChI=1S/C15H17FN2O2S/c1-15(2,9-19)18-14(20)12-8-21-13(17-12)7-10-5-3-4-6-11(10)16/h3-6,8,19H,7,9H2,1-2H3,(H,18,20). The van der Waals surface area contributed by atoms with Gasteiger partial charge in [-0.1, -0.05) is 18.2 Å². The Morgan fingerprint density at radius 3 is 2.81 bits per heavy atom. The molecule has 0 saturated heterocycles. The van der Waals surface area contributed by atoms with Gasteiger partial charge in [0, 0.05) is 11.8 Å². The first-order chi connectivity index (χ1) is 9.91. The van der Waals surface area contributed by atoms with E-state index in [0.29, 0.717) is 17.0 Å². The molecule has 1 amide bonds. The van der Waals surface area contributed by atoms with E-state index in [1.807, 2.05) is 0 Å². The van der Waals surface area contributed by atoms with Crippen LogP contribution in [0.1, 0.15) is 34.9 Å². The number of aromatic nitrogens is 1. The summed E-state index contributed by atoms with van der Waals surface area (Å²) in [5.74, 6) is -0.620. The Morgan fingerprint density at radius 1 is 1.43 bits per heavy atom. The Hall–Kier alpha value is -1.79. The molecule has 112 valence electrons. The molecule has 0 aliphatic rings. The molecule has 0 saturated carbocycles. The van der Waals surface area contributed by atoms with Crippen LogP contribution >= 0.6 is 11.3 Å². The van der Waals surface area contributed by atoms with Crippen molar-refractivity contribution in [2.24, 2.45) is 0 Å². The summed E-state index contributed by atoms with van der Waals surface area (Å²) in [5, 5.41) is 14.1. The molecule has 0 radical (unpaired) electrons. The fourth-order valence-corrected chi connectivity index (χ4v) is 2.51. The van der Waals surface area contributed by atoms with Crippen molar-refractivity contribution < 1.29 is 14.3 Å². The maximum atomic E-state index is 13.6. The SMILES string of the molecule is CC(C)(CO)NC(=O)c1csc(Cc2ccccc2F)n1. The fourth-order valence-electron chi connectivity index (χ4n) is 1.71. The molecule has 4 nitrogen and oxygen atoms in total. The first kappa shape index (κ1) is 15.6. The lowest BCUT2D eigenvalue weighted by Gasteiger charge is -2.22. The zero-order chi connectivity index (χ0) is 15.5. The molecule has 0 atom stereocenters. The van der Waals surface area contributed by atoms with Gasteiger partial charge in [-0.2, -0.15) is 0 Å². The van der Waals surface area contributed by atoms with Crippen LogP contribution in [0.15, 0.2) is 29.6 Å². The van der Waals surface area contributed by atoms with Crippen molar-refractivity contribution in [1.29, 1.82) is 0 Å². The topological polar surface area (TPSA) is 62.2 Å². The zero-order valence-electron chi connectivity index (χ0n) is 11.9. The first-order valence-corrected chi connectivity index (χ1v) is 7.40. The molecule has 0 unspecified atom stereocenters. The summed E-state index contributed by atoms with van der Waals surface area (Å²) in [6, 6.07) is 6.51. The van der Waals surface area contributed by atoms with E-state index < -0.39 is 5.54 Å². The Bertz CT molecular complexity index is 640. The molecule has 0 fully saturated rings. The zero-order valence-corrected chi connectivity index (χ0v) is 12.7. The summed E-state index contributed by atoms with van der Waals surface area (Å²) in [4.78, 5) is 16.2. The van der Waals surface area contributed by atoms with Crippen molar-refractivity contribution in [3.63, 3.8) is 0 Å². The van der Waals surface area contributed by atoms with Crippen LogP contribution in [0.2, 0.25) is 0 Å². The number of halogens is 1. The first-order valence-electron chi connectivity index (χ1n) is 6.52. The lowest BCUT2D eigenvalue weighted by atomic mass is 10.1. The van der Waals surface area contributed by atoms with Crippen molar-refractivity contribution in [3.8, 4) is 0 Å². The van der Waals surface area contributed by atoms with E-state index in [1.54, 1.807) is 37.4 Å². The predicted molar refractivity (Wildman–Crippen MR) is 80.0 cm³/mol. The lowest BCUT2D eigenvalue weighted by molar-refractivity contribution is 0.0865. The van der Waals surface area contributed by atoms with Gasteiger partial charge in [0.05, 0.1) is 17.2 Å². The van der Waals surface area contributed by atoms with Crippen molar-refractivity contribution in [1.82, 2.24) is 10.3 Å². The third-order valence-corrected chi connectivity index (χ3v) is 3.78. The van der Waals surface area contributed by atoms with Crippen LogP contribution < -0.4 is 5.32 Å². The van der Waals surface area contributed by atoms with Gasteiger partial charge in [0.25, 0.3) is 5.91 Å². The van der Waals surface area contributed by atoms with Crippen LogP contribution in [-0.4, -0.2) is 28.1 Å². The Morgan fingerprint density at radius 2 is 2.14 bits per heavy atom.